The topological polar surface area (TPSA) is 66.6 Å². The van der Waals surface area contributed by atoms with E-state index in [1.807, 2.05) is 20.8 Å². The van der Waals surface area contributed by atoms with Crippen molar-refractivity contribution in [2.75, 3.05) is 26.2 Å². The molecule has 0 atom stereocenters. The van der Waals surface area contributed by atoms with Gasteiger partial charge in [-0.15, -0.1) is 0 Å². The first kappa shape index (κ1) is 14.9. The molecule has 0 bridgehead atoms. The van der Waals surface area contributed by atoms with Crippen LogP contribution in [0.15, 0.2) is 0 Å². The van der Waals surface area contributed by atoms with Crippen molar-refractivity contribution in [3.63, 3.8) is 0 Å². The lowest BCUT2D eigenvalue weighted by atomic mass is 10.1. The Morgan fingerprint density at radius 1 is 1.29 bits per heavy atom. The zero-order valence-corrected chi connectivity index (χ0v) is 12.0. The summed E-state index contributed by atoms with van der Waals surface area (Å²) in [6.07, 6.45) is 2.72. The molecule has 0 radical (unpaired) electrons. The normalized spacial score (nSPS) is 19.1. The van der Waals surface area contributed by atoms with E-state index in [2.05, 4.69) is 0 Å². The van der Waals surface area contributed by atoms with Crippen LogP contribution >= 0.6 is 0 Å². The summed E-state index contributed by atoms with van der Waals surface area (Å²) in [5.74, 6) is 0. The van der Waals surface area contributed by atoms with Gasteiger partial charge in [0.05, 0.1) is 0 Å². The highest BCUT2D eigenvalue weighted by Gasteiger charge is 2.39. The molecule has 1 aliphatic heterocycles. The molecule has 0 amide bonds. The average molecular weight is 263 g/mol. The molecule has 2 N–H and O–H groups in total. The first-order valence-corrected chi connectivity index (χ1v) is 7.74. The molecule has 0 unspecified atom stereocenters. The van der Waals surface area contributed by atoms with E-state index in [1.54, 1.807) is 8.61 Å². The fraction of sp³-hybridized carbons (Fsp3) is 1.00. The molecule has 0 aliphatic carbocycles. The number of hydrogen-bond donors (Lipinski definition) is 1. The quantitative estimate of drug-likeness (QED) is 0.770. The molecule has 0 aromatic carbocycles. The Morgan fingerprint density at radius 2 is 1.82 bits per heavy atom. The largest absolute Gasteiger partial charge is 0.329 e. The van der Waals surface area contributed by atoms with Crippen LogP contribution in [0.4, 0.5) is 0 Å². The first-order chi connectivity index (χ1) is 7.86. The number of hydrogen-bond acceptors (Lipinski definition) is 3. The minimum atomic E-state index is -3.35. The minimum Gasteiger partial charge on any atom is -0.329 e. The Bertz CT molecular complexity index is 335. The summed E-state index contributed by atoms with van der Waals surface area (Å²) in [5.41, 5.74) is 5.19. The lowest BCUT2D eigenvalue weighted by molar-refractivity contribution is 0.219. The zero-order chi connectivity index (χ0) is 13.1. The molecule has 5 nitrogen and oxygen atoms in total. The number of nitrogens with zero attached hydrogens (tertiary/aromatic N) is 2. The fourth-order valence-electron chi connectivity index (χ4n) is 2.09. The van der Waals surface area contributed by atoms with E-state index >= 15 is 0 Å². The van der Waals surface area contributed by atoms with Crippen molar-refractivity contribution in [1.82, 2.24) is 8.61 Å². The summed E-state index contributed by atoms with van der Waals surface area (Å²) in [5, 5.41) is 0. The average Bonchev–Trinajstić information content (AvgIpc) is 2.79. The van der Waals surface area contributed by atoms with Crippen LogP contribution in [-0.4, -0.2) is 48.7 Å². The Kier molecular flexibility index (Phi) is 4.95. The van der Waals surface area contributed by atoms with Crippen LogP contribution in [0.2, 0.25) is 0 Å². The Labute approximate surface area is 105 Å². The van der Waals surface area contributed by atoms with Crippen molar-refractivity contribution in [2.45, 2.75) is 45.6 Å². The molecule has 0 spiro atoms. The summed E-state index contributed by atoms with van der Waals surface area (Å²) in [4.78, 5) is 0. The predicted octanol–water partition coefficient (Wildman–Crippen LogP) is 0.776. The summed E-state index contributed by atoms with van der Waals surface area (Å²) < 4.78 is 28.2. The summed E-state index contributed by atoms with van der Waals surface area (Å²) in [6.45, 7) is 7.90. The highest BCUT2D eigenvalue weighted by atomic mass is 32.2. The molecule has 0 aromatic rings. The number of nitrogens with two attached hydrogens (primary N) is 1. The molecular formula is C11H25N3O2S. The zero-order valence-electron chi connectivity index (χ0n) is 11.1. The molecule has 1 heterocycles. The maximum atomic E-state index is 12.5. The molecule has 6 heteroatoms. The van der Waals surface area contributed by atoms with Crippen LogP contribution < -0.4 is 5.73 Å². The Balaban J connectivity index is 2.96. The first-order valence-electron chi connectivity index (χ1n) is 6.34. The molecule has 17 heavy (non-hydrogen) atoms. The monoisotopic (exact) mass is 263 g/mol. The highest BCUT2D eigenvalue weighted by molar-refractivity contribution is 7.86. The molecule has 0 aromatic heterocycles. The van der Waals surface area contributed by atoms with Crippen molar-refractivity contribution in [3.8, 4) is 0 Å². The van der Waals surface area contributed by atoms with Gasteiger partial charge in [-0.1, -0.05) is 6.92 Å². The van der Waals surface area contributed by atoms with E-state index in [0.29, 0.717) is 26.2 Å². The standard InChI is InChI=1S/C11H25N3O2S/c1-4-7-14(11(2,3)10-12)17(15,16)13-8-5-6-9-13/h4-10,12H2,1-3H3. The van der Waals surface area contributed by atoms with Crippen molar-refractivity contribution >= 4 is 10.2 Å². The van der Waals surface area contributed by atoms with E-state index in [4.69, 9.17) is 5.73 Å². The molecule has 1 saturated heterocycles. The van der Waals surface area contributed by atoms with Gasteiger partial charge >= 0.3 is 0 Å². The van der Waals surface area contributed by atoms with Crippen LogP contribution in [-0.2, 0) is 10.2 Å². The van der Waals surface area contributed by atoms with Gasteiger partial charge in [0.1, 0.15) is 0 Å². The van der Waals surface area contributed by atoms with Gasteiger partial charge in [0, 0.05) is 31.7 Å². The van der Waals surface area contributed by atoms with E-state index < -0.39 is 15.7 Å². The van der Waals surface area contributed by atoms with Crippen molar-refractivity contribution in [2.24, 2.45) is 5.73 Å². The van der Waals surface area contributed by atoms with Crippen LogP contribution in [0, 0.1) is 0 Å². The van der Waals surface area contributed by atoms with Gasteiger partial charge in [-0.3, -0.25) is 0 Å². The smallest absolute Gasteiger partial charge is 0.282 e. The lowest BCUT2D eigenvalue weighted by Crippen LogP contribution is -2.56. The van der Waals surface area contributed by atoms with Gasteiger partial charge in [-0.2, -0.15) is 17.0 Å². The van der Waals surface area contributed by atoms with Gasteiger partial charge in [-0.25, -0.2) is 0 Å². The Morgan fingerprint density at radius 3 is 2.24 bits per heavy atom. The summed E-state index contributed by atoms with van der Waals surface area (Å²) >= 11 is 0. The highest BCUT2D eigenvalue weighted by Crippen LogP contribution is 2.24. The Hall–Kier alpha value is -0.170. The second-order valence-corrected chi connectivity index (χ2v) is 7.06. The third kappa shape index (κ3) is 3.19. The minimum absolute atomic E-state index is 0.333. The van der Waals surface area contributed by atoms with E-state index in [0.717, 1.165) is 19.3 Å². The van der Waals surface area contributed by atoms with Crippen LogP contribution in [0.1, 0.15) is 40.0 Å². The SMILES string of the molecule is CCCN(C(C)(C)CN)S(=O)(=O)N1CCCC1. The van der Waals surface area contributed by atoms with Crippen LogP contribution in [0.5, 0.6) is 0 Å². The molecule has 1 rings (SSSR count). The maximum absolute atomic E-state index is 12.5. The van der Waals surface area contributed by atoms with Crippen LogP contribution in [0.25, 0.3) is 0 Å². The second kappa shape index (κ2) is 5.65. The molecule has 0 saturated carbocycles. The fourth-order valence-corrected chi connectivity index (χ4v) is 4.20. The van der Waals surface area contributed by atoms with Crippen molar-refractivity contribution in [3.05, 3.63) is 0 Å². The van der Waals surface area contributed by atoms with Crippen molar-refractivity contribution in [1.29, 1.82) is 0 Å². The molecule has 102 valence electrons. The summed E-state index contributed by atoms with van der Waals surface area (Å²) in [7, 11) is -3.35. The van der Waals surface area contributed by atoms with E-state index in [1.165, 1.54) is 0 Å². The van der Waals surface area contributed by atoms with Gasteiger partial charge < -0.3 is 5.73 Å². The van der Waals surface area contributed by atoms with Crippen LogP contribution in [0.3, 0.4) is 0 Å². The van der Waals surface area contributed by atoms with E-state index in [-0.39, 0.29) is 0 Å². The maximum Gasteiger partial charge on any atom is 0.282 e. The van der Waals surface area contributed by atoms with Gasteiger partial charge in [-0.05, 0) is 33.1 Å². The third-order valence-corrected chi connectivity index (χ3v) is 5.52. The lowest BCUT2D eigenvalue weighted by Gasteiger charge is -2.38. The summed E-state index contributed by atoms with van der Waals surface area (Å²) in [6, 6.07) is 0. The van der Waals surface area contributed by atoms with Gasteiger partial charge in [0.2, 0.25) is 0 Å². The molecule has 1 aliphatic rings. The van der Waals surface area contributed by atoms with Gasteiger partial charge in [0.25, 0.3) is 10.2 Å². The predicted molar refractivity (Wildman–Crippen MR) is 69.9 cm³/mol. The van der Waals surface area contributed by atoms with Gasteiger partial charge in [0.15, 0.2) is 0 Å². The molecule has 1 fully saturated rings. The van der Waals surface area contributed by atoms with E-state index in [9.17, 15) is 8.42 Å². The third-order valence-electron chi connectivity index (χ3n) is 3.27. The molecular weight excluding hydrogens is 238 g/mol. The number of rotatable bonds is 6. The van der Waals surface area contributed by atoms with Crippen molar-refractivity contribution < 1.29 is 8.42 Å². The second-order valence-electron chi connectivity index (χ2n) is 5.20.